The number of fused-ring (bicyclic) bond motifs is 1. The Kier molecular flexibility index (Phi) is 3.94. The van der Waals surface area contributed by atoms with E-state index in [4.69, 9.17) is 28.9 Å². The maximum absolute atomic E-state index is 6.10. The normalized spacial score (nSPS) is 16.9. The average Bonchev–Trinajstić information content (AvgIpc) is 2.91. The predicted octanol–water partition coefficient (Wildman–Crippen LogP) is 2.10. The first-order valence-corrected chi connectivity index (χ1v) is 7.20. The first-order valence-electron chi connectivity index (χ1n) is 6.45. The molecule has 7 heteroatoms. The third-order valence-electron chi connectivity index (χ3n) is 3.66. The zero-order valence-corrected chi connectivity index (χ0v) is 12.3. The molecule has 0 radical (unpaired) electrons. The summed E-state index contributed by atoms with van der Waals surface area (Å²) in [6.07, 6.45) is 1.77. The van der Waals surface area contributed by atoms with Gasteiger partial charge in [-0.25, -0.2) is 0 Å². The summed E-state index contributed by atoms with van der Waals surface area (Å²) in [5.74, 6) is 0.967. The molecule has 0 saturated heterocycles. The van der Waals surface area contributed by atoms with Gasteiger partial charge in [-0.3, -0.25) is 4.90 Å². The van der Waals surface area contributed by atoms with E-state index in [2.05, 4.69) is 19.7 Å². The lowest BCUT2D eigenvalue weighted by atomic mass is 10.0. The number of rotatable bonds is 3. The van der Waals surface area contributed by atoms with Crippen LogP contribution in [0.15, 0.2) is 24.5 Å². The van der Waals surface area contributed by atoms with Crippen molar-refractivity contribution in [3.63, 3.8) is 0 Å². The quantitative estimate of drug-likeness (QED) is 0.943. The Balaban J connectivity index is 1.85. The van der Waals surface area contributed by atoms with E-state index in [0.29, 0.717) is 16.6 Å². The molecule has 0 bridgehead atoms. The summed E-state index contributed by atoms with van der Waals surface area (Å²) in [7, 11) is 0. The summed E-state index contributed by atoms with van der Waals surface area (Å²) < 4.78 is 2.07. The Morgan fingerprint density at radius 2 is 2.10 bits per heavy atom. The molecule has 1 aromatic carbocycles. The number of benzene rings is 1. The molecule has 1 atom stereocenters. The molecule has 1 unspecified atom stereocenters. The van der Waals surface area contributed by atoms with E-state index in [-0.39, 0.29) is 6.04 Å². The lowest BCUT2D eigenvalue weighted by Gasteiger charge is -2.34. The van der Waals surface area contributed by atoms with Crippen LogP contribution in [-0.4, -0.2) is 32.8 Å². The highest BCUT2D eigenvalue weighted by molar-refractivity contribution is 6.42. The first-order chi connectivity index (χ1) is 9.69. The van der Waals surface area contributed by atoms with Gasteiger partial charge in [0.25, 0.3) is 0 Å². The molecule has 0 aliphatic carbocycles. The van der Waals surface area contributed by atoms with Gasteiger partial charge in [0, 0.05) is 25.7 Å². The minimum atomic E-state index is 0.107. The molecule has 0 fully saturated rings. The molecule has 0 amide bonds. The molecule has 0 saturated carbocycles. The molecule has 1 aliphatic rings. The van der Waals surface area contributed by atoms with Crippen LogP contribution in [0, 0.1) is 0 Å². The summed E-state index contributed by atoms with van der Waals surface area (Å²) in [6.45, 7) is 3.04. The Morgan fingerprint density at radius 3 is 2.85 bits per heavy atom. The summed E-state index contributed by atoms with van der Waals surface area (Å²) in [5, 5.41) is 9.19. The Hall–Kier alpha value is -1.14. The second-order valence-corrected chi connectivity index (χ2v) is 5.65. The number of nitrogens with two attached hydrogens (primary N) is 1. The van der Waals surface area contributed by atoms with Gasteiger partial charge in [0.05, 0.1) is 16.6 Å². The van der Waals surface area contributed by atoms with Crippen LogP contribution >= 0.6 is 23.2 Å². The summed E-state index contributed by atoms with van der Waals surface area (Å²) >= 11 is 12.1. The van der Waals surface area contributed by atoms with E-state index in [1.807, 2.05) is 18.2 Å². The zero-order chi connectivity index (χ0) is 14.1. The fourth-order valence-electron chi connectivity index (χ4n) is 2.57. The second kappa shape index (κ2) is 5.69. The van der Waals surface area contributed by atoms with Crippen molar-refractivity contribution < 1.29 is 0 Å². The molecular weight excluding hydrogens is 297 g/mol. The molecule has 1 aliphatic heterocycles. The van der Waals surface area contributed by atoms with Crippen molar-refractivity contribution in [2.45, 2.75) is 19.1 Å². The second-order valence-electron chi connectivity index (χ2n) is 4.84. The van der Waals surface area contributed by atoms with Crippen molar-refractivity contribution >= 4 is 23.2 Å². The number of hydrogen-bond donors (Lipinski definition) is 1. The van der Waals surface area contributed by atoms with Gasteiger partial charge in [-0.15, -0.1) is 10.2 Å². The van der Waals surface area contributed by atoms with E-state index < -0.39 is 0 Å². The predicted molar refractivity (Wildman–Crippen MR) is 78.7 cm³/mol. The topological polar surface area (TPSA) is 60.0 Å². The average molecular weight is 312 g/mol. The first kappa shape index (κ1) is 13.8. The van der Waals surface area contributed by atoms with Crippen molar-refractivity contribution in [3.05, 3.63) is 46.0 Å². The van der Waals surface area contributed by atoms with Gasteiger partial charge in [-0.05, 0) is 17.7 Å². The smallest absolute Gasteiger partial charge is 0.147 e. The molecule has 106 valence electrons. The van der Waals surface area contributed by atoms with E-state index in [9.17, 15) is 0 Å². The van der Waals surface area contributed by atoms with Gasteiger partial charge in [-0.2, -0.15) is 0 Å². The van der Waals surface area contributed by atoms with Crippen LogP contribution in [0.3, 0.4) is 0 Å². The van der Waals surface area contributed by atoms with Crippen LogP contribution in [0.1, 0.15) is 17.4 Å². The molecule has 2 aromatic rings. The monoisotopic (exact) mass is 311 g/mol. The Labute approximate surface area is 127 Å². The van der Waals surface area contributed by atoms with E-state index in [1.54, 1.807) is 6.33 Å². The molecule has 2 heterocycles. The van der Waals surface area contributed by atoms with Crippen molar-refractivity contribution in [3.8, 4) is 0 Å². The van der Waals surface area contributed by atoms with Gasteiger partial charge in [-0.1, -0.05) is 29.3 Å². The van der Waals surface area contributed by atoms with Crippen LogP contribution in [0.2, 0.25) is 10.0 Å². The fraction of sp³-hybridized carbons (Fsp3) is 0.385. The van der Waals surface area contributed by atoms with Crippen LogP contribution in [0.4, 0.5) is 0 Å². The molecule has 2 N–H and O–H groups in total. The van der Waals surface area contributed by atoms with Gasteiger partial charge in [0.2, 0.25) is 0 Å². The minimum Gasteiger partial charge on any atom is -0.329 e. The summed E-state index contributed by atoms with van der Waals surface area (Å²) in [4.78, 5) is 2.30. The largest absolute Gasteiger partial charge is 0.329 e. The number of halogens is 2. The van der Waals surface area contributed by atoms with Crippen LogP contribution in [0.5, 0.6) is 0 Å². The third-order valence-corrected chi connectivity index (χ3v) is 4.40. The van der Waals surface area contributed by atoms with Crippen LogP contribution in [0.25, 0.3) is 0 Å². The zero-order valence-electron chi connectivity index (χ0n) is 10.8. The molecule has 1 aromatic heterocycles. The van der Waals surface area contributed by atoms with E-state index in [0.717, 1.165) is 31.0 Å². The maximum atomic E-state index is 6.10. The molecule has 20 heavy (non-hydrogen) atoms. The van der Waals surface area contributed by atoms with Gasteiger partial charge in [0.1, 0.15) is 12.2 Å². The van der Waals surface area contributed by atoms with Gasteiger partial charge in [0.15, 0.2) is 0 Å². The molecule has 3 rings (SSSR count). The SMILES string of the molecule is NCC(c1ccc(Cl)c(Cl)c1)N1CCn2cnnc2C1. The van der Waals surface area contributed by atoms with E-state index in [1.165, 1.54) is 0 Å². The molecule has 0 spiro atoms. The number of aromatic nitrogens is 3. The fourth-order valence-corrected chi connectivity index (χ4v) is 2.87. The third kappa shape index (κ3) is 2.54. The van der Waals surface area contributed by atoms with Crippen LogP contribution < -0.4 is 5.73 Å². The van der Waals surface area contributed by atoms with Crippen molar-refractivity contribution in [2.75, 3.05) is 13.1 Å². The van der Waals surface area contributed by atoms with Crippen molar-refractivity contribution in [2.24, 2.45) is 5.73 Å². The van der Waals surface area contributed by atoms with Gasteiger partial charge < -0.3 is 10.3 Å². The van der Waals surface area contributed by atoms with Gasteiger partial charge >= 0.3 is 0 Å². The highest BCUT2D eigenvalue weighted by atomic mass is 35.5. The molecular formula is C13H15Cl2N5. The van der Waals surface area contributed by atoms with Crippen LogP contribution in [-0.2, 0) is 13.1 Å². The highest BCUT2D eigenvalue weighted by Crippen LogP contribution is 2.29. The summed E-state index contributed by atoms with van der Waals surface area (Å²) in [6, 6.07) is 5.79. The van der Waals surface area contributed by atoms with Crippen molar-refractivity contribution in [1.82, 2.24) is 19.7 Å². The maximum Gasteiger partial charge on any atom is 0.147 e. The highest BCUT2D eigenvalue weighted by Gasteiger charge is 2.25. The lowest BCUT2D eigenvalue weighted by molar-refractivity contribution is 0.156. The Morgan fingerprint density at radius 1 is 1.25 bits per heavy atom. The van der Waals surface area contributed by atoms with Crippen molar-refractivity contribution in [1.29, 1.82) is 0 Å². The lowest BCUT2D eigenvalue weighted by Crippen LogP contribution is -2.39. The summed E-state index contributed by atoms with van der Waals surface area (Å²) in [5.41, 5.74) is 7.04. The molecule has 5 nitrogen and oxygen atoms in total. The minimum absolute atomic E-state index is 0.107. The Bertz CT molecular complexity index is 613. The standard InChI is InChI=1S/C13H15Cl2N5/c14-10-2-1-9(5-11(10)15)12(6-16)19-3-4-20-8-17-18-13(20)7-19/h1-2,5,8,12H,3-4,6-7,16H2. The van der Waals surface area contributed by atoms with E-state index >= 15 is 0 Å². The number of hydrogen-bond acceptors (Lipinski definition) is 4. The number of nitrogens with zero attached hydrogens (tertiary/aromatic N) is 4.